The zero-order chi connectivity index (χ0) is 14.1. The molecular formula is C15H11ClN2OS. The van der Waals surface area contributed by atoms with Crippen LogP contribution in [0.15, 0.2) is 51.2 Å². The van der Waals surface area contributed by atoms with Crippen LogP contribution in [0.3, 0.4) is 0 Å². The molecule has 0 aromatic heterocycles. The van der Waals surface area contributed by atoms with Crippen molar-refractivity contribution < 1.29 is 4.79 Å². The monoisotopic (exact) mass is 302 g/mol. The fourth-order valence-electron chi connectivity index (χ4n) is 1.96. The standard InChI is InChI=1S/C15H11ClN2OS/c1-17-15(19)9-2-4-14-12(7-9)18-8-10-6-11(16)3-5-13(10)20-14/h2-8H,1H3,(H,17,19). The maximum absolute atomic E-state index is 11.7. The smallest absolute Gasteiger partial charge is 0.251 e. The van der Waals surface area contributed by atoms with Crippen molar-refractivity contribution in [2.24, 2.45) is 4.99 Å². The molecule has 0 atom stereocenters. The van der Waals surface area contributed by atoms with Crippen molar-refractivity contribution >= 4 is 41.2 Å². The largest absolute Gasteiger partial charge is 0.355 e. The van der Waals surface area contributed by atoms with Crippen LogP contribution < -0.4 is 5.32 Å². The number of carbonyl (C=O) groups is 1. The summed E-state index contributed by atoms with van der Waals surface area (Å²) in [5, 5.41) is 3.30. The van der Waals surface area contributed by atoms with Crippen molar-refractivity contribution in [3.8, 4) is 0 Å². The number of fused-ring (bicyclic) bond motifs is 2. The highest BCUT2D eigenvalue weighted by atomic mass is 35.5. The Morgan fingerprint density at radius 3 is 2.80 bits per heavy atom. The topological polar surface area (TPSA) is 41.5 Å². The lowest BCUT2D eigenvalue weighted by Crippen LogP contribution is -2.17. The van der Waals surface area contributed by atoms with E-state index < -0.39 is 0 Å². The number of amides is 1. The Labute approximate surface area is 126 Å². The summed E-state index contributed by atoms with van der Waals surface area (Å²) < 4.78 is 0. The van der Waals surface area contributed by atoms with Gasteiger partial charge in [-0.2, -0.15) is 0 Å². The molecule has 0 aliphatic carbocycles. The molecule has 0 fully saturated rings. The Kier molecular flexibility index (Phi) is 3.51. The first-order valence-electron chi connectivity index (χ1n) is 6.05. The molecule has 1 N–H and O–H groups in total. The molecule has 0 bridgehead atoms. The molecule has 1 amide bonds. The Morgan fingerprint density at radius 2 is 2.00 bits per heavy atom. The van der Waals surface area contributed by atoms with Gasteiger partial charge in [0.25, 0.3) is 5.91 Å². The van der Waals surface area contributed by atoms with Gasteiger partial charge in [0.05, 0.1) is 5.69 Å². The minimum atomic E-state index is -0.113. The van der Waals surface area contributed by atoms with E-state index in [9.17, 15) is 4.79 Å². The minimum absolute atomic E-state index is 0.113. The van der Waals surface area contributed by atoms with E-state index in [0.717, 1.165) is 21.0 Å². The van der Waals surface area contributed by atoms with Gasteiger partial charge >= 0.3 is 0 Å². The Balaban J connectivity index is 2.06. The van der Waals surface area contributed by atoms with Crippen LogP contribution in [0.1, 0.15) is 15.9 Å². The average Bonchev–Trinajstić information content (AvgIpc) is 2.64. The molecule has 0 spiro atoms. The van der Waals surface area contributed by atoms with Gasteiger partial charge in [0.2, 0.25) is 0 Å². The van der Waals surface area contributed by atoms with Crippen LogP contribution >= 0.6 is 23.4 Å². The van der Waals surface area contributed by atoms with Gasteiger partial charge in [-0.05, 0) is 36.4 Å². The number of rotatable bonds is 1. The van der Waals surface area contributed by atoms with Gasteiger partial charge < -0.3 is 5.32 Å². The van der Waals surface area contributed by atoms with Gasteiger partial charge in [-0.25, -0.2) is 0 Å². The van der Waals surface area contributed by atoms with Crippen LogP contribution in [-0.4, -0.2) is 19.2 Å². The SMILES string of the molecule is CNC(=O)c1ccc2c(c1)N=Cc1cc(Cl)ccc1S2. The molecule has 1 heterocycles. The third kappa shape index (κ3) is 2.44. The lowest BCUT2D eigenvalue weighted by molar-refractivity contribution is 0.0963. The maximum Gasteiger partial charge on any atom is 0.251 e. The number of nitrogens with one attached hydrogen (secondary N) is 1. The minimum Gasteiger partial charge on any atom is -0.355 e. The fourth-order valence-corrected chi connectivity index (χ4v) is 3.10. The van der Waals surface area contributed by atoms with E-state index in [1.165, 1.54) is 0 Å². The first kappa shape index (κ1) is 13.2. The van der Waals surface area contributed by atoms with Crippen molar-refractivity contribution in [3.63, 3.8) is 0 Å². The number of carbonyl (C=O) groups excluding carboxylic acids is 1. The summed E-state index contributed by atoms with van der Waals surface area (Å²) in [5.41, 5.74) is 2.39. The first-order chi connectivity index (χ1) is 9.67. The zero-order valence-corrected chi connectivity index (χ0v) is 12.3. The van der Waals surface area contributed by atoms with Crippen LogP contribution in [0.4, 0.5) is 5.69 Å². The highest BCUT2D eigenvalue weighted by Crippen LogP contribution is 2.39. The highest BCUT2D eigenvalue weighted by molar-refractivity contribution is 7.99. The lowest BCUT2D eigenvalue weighted by Gasteiger charge is -2.06. The van der Waals surface area contributed by atoms with Crippen LogP contribution in [0.2, 0.25) is 5.02 Å². The number of halogens is 1. The first-order valence-corrected chi connectivity index (χ1v) is 7.24. The molecule has 3 nitrogen and oxygen atoms in total. The fraction of sp³-hybridized carbons (Fsp3) is 0.0667. The van der Waals surface area contributed by atoms with Crippen LogP contribution in [-0.2, 0) is 0 Å². The zero-order valence-electron chi connectivity index (χ0n) is 10.7. The molecule has 0 saturated heterocycles. The van der Waals surface area contributed by atoms with Crippen molar-refractivity contribution in [2.45, 2.75) is 9.79 Å². The van der Waals surface area contributed by atoms with Crippen LogP contribution in [0, 0.1) is 0 Å². The Morgan fingerprint density at radius 1 is 1.20 bits per heavy atom. The Bertz CT molecular complexity index is 728. The van der Waals surface area contributed by atoms with Crippen molar-refractivity contribution in [2.75, 3.05) is 7.05 Å². The van der Waals surface area contributed by atoms with E-state index in [0.29, 0.717) is 10.6 Å². The van der Waals surface area contributed by atoms with Gasteiger partial charge in [-0.1, -0.05) is 23.4 Å². The van der Waals surface area contributed by atoms with Gasteiger partial charge in [0.1, 0.15) is 0 Å². The van der Waals surface area contributed by atoms with E-state index in [1.807, 2.05) is 24.3 Å². The summed E-state index contributed by atoms with van der Waals surface area (Å²) >= 11 is 7.63. The molecule has 3 rings (SSSR count). The Hall–Kier alpha value is -1.78. The van der Waals surface area contributed by atoms with E-state index in [1.54, 1.807) is 37.2 Å². The number of hydrogen-bond acceptors (Lipinski definition) is 3. The van der Waals surface area contributed by atoms with Crippen LogP contribution in [0.5, 0.6) is 0 Å². The van der Waals surface area contributed by atoms with Crippen molar-refractivity contribution in [1.29, 1.82) is 0 Å². The summed E-state index contributed by atoms with van der Waals surface area (Å²) in [7, 11) is 1.61. The molecule has 0 radical (unpaired) electrons. The molecule has 1 aliphatic heterocycles. The number of nitrogens with zero attached hydrogens (tertiary/aromatic N) is 1. The molecule has 2 aromatic carbocycles. The molecule has 0 saturated carbocycles. The summed E-state index contributed by atoms with van der Waals surface area (Å²) in [4.78, 5) is 18.2. The van der Waals surface area contributed by atoms with Crippen molar-refractivity contribution in [1.82, 2.24) is 5.32 Å². The van der Waals surface area contributed by atoms with Gasteiger partial charge in [0.15, 0.2) is 0 Å². The molecule has 20 heavy (non-hydrogen) atoms. The highest BCUT2D eigenvalue weighted by Gasteiger charge is 2.13. The summed E-state index contributed by atoms with van der Waals surface area (Å²) in [6, 6.07) is 11.3. The quantitative estimate of drug-likeness (QED) is 0.740. The molecule has 100 valence electrons. The second-order valence-corrected chi connectivity index (χ2v) is 5.82. The summed E-state index contributed by atoms with van der Waals surface area (Å²) in [5.74, 6) is -0.113. The number of aliphatic imine (C=N–C) groups is 1. The summed E-state index contributed by atoms with van der Waals surface area (Å²) in [6.45, 7) is 0. The van der Waals surface area contributed by atoms with E-state index in [4.69, 9.17) is 11.6 Å². The predicted octanol–water partition coefficient (Wildman–Crippen LogP) is 3.91. The molecule has 5 heteroatoms. The third-order valence-electron chi connectivity index (χ3n) is 2.98. The number of hydrogen-bond donors (Lipinski definition) is 1. The number of benzene rings is 2. The van der Waals surface area contributed by atoms with Gasteiger partial charge in [-0.3, -0.25) is 9.79 Å². The molecular weight excluding hydrogens is 292 g/mol. The van der Waals surface area contributed by atoms with Gasteiger partial charge in [-0.15, -0.1) is 0 Å². The summed E-state index contributed by atoms with van der Waals surface area (Å²) in [6.07, 6.45) is 1.79. The van der Waals surface area contributed by atoms with E-state index >= 15 is 0 Å². The van der Waals surface area contributed by atoms with E-state index in [2.05, 4.69) is 10.3 Å². The predicted molar refractivity (Wildman–Crippen MR) is 82.7 cm³/mol. The van der Waals surface area contributed by atoms with E-state index in [-0.39, 0.29) is 5.91 Å². The second kappa shape index (κ2) is 5.31. The van der Waals surface area contributed by atoms with Crippen LogP contribution in [0.25, 0.3) is 0 Å². The van der Waals surface area contributed by atoms with Crippen molar-refractivity contribution in [3.05, 3.63) is 52.5 Å². The second-order valence-electron chi connectivity index (χ2n) is 4.30. The maximum atomic E-state index is 11.7. The lowest BCUT2D eigenvalue weighted by atomic mass is 10.2. The molecule has 2 aromatic rings. The van der Waals surface area contributed by atoms with Gasteiger partial charge in [0, 0.05) is 39.2 Å². The molecule has 0 unspecified atom stereocenters. The molecule has 1 aliphatic rings. The third-order valence-corrected chi connectivity index (χ3v) is 4.37. The average molecular weight is 303 g/mol. The normalized spacial score (nSPS) is 12.3.